The standard InChI is InChI=1S/C13H16N4O2/c14-12(15)4-1-8(2-5-12)9-3-6-13(16,17)10(7-9)11(18)19/h1-7H,14-17H2,(H,18,19). The van der Waals surface area contributed by atoms with E-state index in [0.717, 1.165) is 5.57 Å². The van der Waals surface area contributed by atoms with Crippen molar-refractivity contribution in [3.05, 3.63) is 59.3 Å². The van der Waals surface area contributed by atoms with Crippen LogP contribution in [0.4, 0.5) is 0 Å². The van der Waals surface area contributed by atoms with Gasteiger partial charge in [0.05, 0.1) is 5.57 Å². The van der Waals surface area contributed by atoms with E-state index in [0.29, 0.717) is 5.57 Å². The number of carboxylic acids is 1. The van der Waals surface area contributed by atoms with Gasteiger partial charge in [0, 0.05) is 0 Å². The molecule has 2 rings (SSSR count). The Morgan fingerprint density at radius 2 is 1.47 bits per heavy atom. The van der Waals surface area contributed by atoms with Crippen LogP contribution in [0.2, 0.25) is 0 Å². The molecule has 2 aliphatic rings. The highest BCUT2D eigenvalue weighted by Crippen LogP contribution is 2.25. The molecule has 0 fully saturated rings. The quantitative estimate of drug-likeness (QED) is 0.391. The average Bonchev–Trinajstić information content (AvgIpc) is 2.29. The summed E-state index contributed by atoms with van der Waals surface area (Å²) in [5.74, 6) is -1.15. The molecular formula is C13H16N4O2. The molecule has 0 heterocycles. The van der Waals surface area contributed by atoms with Crippen molar-refractivity contribution in [2.45, 2.75) is 11.3 Å². The first-order valence-corrected chi connectivity index (χ1v) is 5.64. The molecule has 0 saturated carbocycles. The number of hydrogen-bond donors (Lipinski definition) is 5. The van der Waals surface area contributed by atoms with Crippen LogP contribution in [0.15, 0.2) is 59.3 Å². The predicted octanol–water partition coefficient (Wildman–Crippen LogP) is -0.783. The van der Waals surface area contributed by atoms with Gasteiger partial charge in [0.2, 0.25) is 0 Å². The van der Waals surface area contributed by atoms with Crippen LogP contribution in [0.1, 0.15) is 0 Å². The third kappa shape index (κ3) is 2.72. The first-order valence-electron chi connectivity index (χ1n) is 5.64. The van der Waals surface area contributed by atoms with Gasteiger partial charge in [-0.15, -0.1) is 0 Å². The maximum atomic E-state index is 11.1. The van der Waals surface area contributed by atoms with Crippen molar-refractivity contribution in [3.8, 4) is 0 Å². The van der Waals surface area contributed by atoms with Crippen molar-refractivity contribution >= 4 is 5.97 Å². The van der Waals surface area contributed by atoms with Crippen molar-refractivity contribution in [2.75, 3.05) is 0 Å². The number of rotatable bonds is 1. The highest BCUT2D eigenvalue weighted by Gasteiger charge is 2.30. The van der Waals surface area contributed by atoms with E-state index in [1.807, 2.05) is 0 Å². The number of carbonyl (C=O) groups is 1. The van der Waals surface area contributed by atoms with Gasteiger partial charge < -0.3 is 28.0 Å². The van der Waals surface area contributed by atoms with Crippen LogP contribution in [0.3, 0.4) is 0 Å². The summed E-state index contributed by atoms with van der Waals surface area (Å²) in [6, 6.07) is 0. The fraction of sp³-hybridized carbons (Fsp3) is 0.154. The number of aliphatic carboxylic acids is 1. The van der Waals surface area contributed by atoms with E-state index in [9.17, 15) is 4.79 Å². The highest BCUT2D eigenvalue weighted by molar-refractivity contribution is 5.91. The summed E-state index contributed by atoms with van der Waals surface area (Å²) in [6.45, 7) is 0. The van der Waals surface area contributed by atoms with E-state index in [-0.39, 0.29) is 5.57 Å². The molecule has 0 bridgehead atoms. The van der Waals surface area contributed by atoms with Crippen LogP contribution >= 0.6 is 0 Å². The third-order valence-corrected chi connectivity index (χ3v) is 2.97. The van der Waals surface area contributed by atoms with Crippen LogP contribution in [0.25, 0.3) is 0 Å². The van der Waals surface area contributed by atoms with Crippen LogP contribution in [0, 0.1) is 0 Å². The molecule has 0 aromatic heterocycles. The van der Waals surface area contributed by atoms with Gasteiger partial charge in [-0.1, -0.05) is 18.2 Å². The summed E-state index contributed by atoms with van der Waals surface area (Å²) in [5, 5.41) is 9.11. The molecule has 0 spiro atoms. The van der Waals surface area contributed by atoms with Gasteiger partial charge >= 0.3 is 5.97 Å². The fourth-order valence-corrected chi connectivity index (χ4v) is 1.84. The first kappa shape index (κ1) is 13.4. The van der Waals surface area contributed by atoms with Gasteiger partial charge in [0.25, 0.3) is 0 Å². The Kier molecular flexibility index (Phi) is 3.03. The van der Waals surface area contributed by atoms with E-state index >= 15 is 0 Å². The van der Waals surface area contributed by atoms with Gasteiger partial charge in [-0.2, -0.15) is 0 Å². The Hall–Kier alpha value is -1.99. The maximum absolute atomic E-state index is 11.1. The molecule has 0 atom stereocenters. The first-order chi connectivity index (χ1) is 8.71. The van der Waals surface area contributed by atoms with E-state index in [4.69, 9.17) is 28.0 Å². The maximum Gasteiger partial charge on any atom is 0.335 e. The summed E-state index contributed by atoms with van der Waals surface area (Å²) >= 11 is 0. The molecule has 9 N–H and O–H groups in total. The topological polar surface area (TPSA) is 141 Å². The minimum Gasteiger partial charge on any atom is -0.478 e. The monoisotopic (exact) mass is 260 g/mol. The molecule has 19 heavy (non-hydrogen) atoms. The predicted molar refractivity (Wildman–Crippen MR) is 72.4 cm³/mol. The Morgan fingerprint density at radius 1 is 0.947 bits per heavy atom. The lowest BCUT2D eigenvalue weighted by Crippen LogP contribution is -2.52. The number of hydrogen-bond acceptors (Lipinski definition) is 5. The van der Waals surface area contributed by atoms with Crippen LogP contribution in [-0.4, -0.2) is 22.4 Å². The van der Waals surface area contributed by atoms with E-state index in [1.54, 1.807) is 30.4 Å². The number of nitrogens with two attached hydrogens (primary N) is 4. The Bertz CT molecular complexity index is 559. The zero-order valence-electron chi connectivity index (χ0n) is 10.2. The second kappa shape index (κ2) is 4.29. The van der Waals surface area contributed by atoms with Crippen molar-refractivity contribution in [3.63, 3.8) is 0 Å². The molecule has 2 aliphatic carbocycles. The van der Waals surface area contributed by atoms with Gasteiger partial charge in [-0.05, 0) is 35.5 Å². The minimum absolute atomic E-state index is 0.0726. The Labute approximate surface area is 110 Å². The summed E-state index contributed by atoms with van der Waals surface area (Å²) < 4.78 is 0. The molecule has 0 saturated heterocycles. The van der Waals surface area contributed by atoms with Gasteiger partial charge in [-0.3, -0.25) is 0 Å². The summed E-state index contributed by atoms with van der Waals surface area (Å²) in [6.07, 6.45) is 11.3. The molecule has 0 aliphatic heterocycles. The molecule has 6 heteroatoms. The summed E-state index contributed by atoms with van der Waals surface area (Å²) in [5.41, 5.74) is 21.8. The van der Waals surface area contributed by atoms with Gasteiger partial charge in [-0.25, -0.2) is 4.79 Å². The molecule has 100 valence electrons. The Morgan fingerprint density at radius 3 is 2.00 bits per heavy atom. The van der Waals surface area contributed by atoms with Gasteiger partial charge in [0.15, 0.2) is 0 Å². The van der Waals surface area contributed by atoms with Crippen LogP contribution in [0.5, 0.6) is 0 Å². The third-order valence-electron chi connectivity index (χ3n) is 2.97. The lowest BCUT2D eigenvalue weighted by atomic mass is 9.89. The second-order valence-electron chi connectivity index (χ2n) is 4.71. The Balaban J connectivity index is 2.44. The highest BCUT2D eigenvalue weighted by atomic mass is 16.4. The van der Waals surface area contributed by atoms with Crippen LogP contribution in [-0.2, 0) is 4.79 Å². The van der Waals surface area contributed by atoms with E-state index < -0.39 is 17.3 Å². The normalized spacial score (nSPS) is 23.5. The molecule has 0 amide bonds. The molecule has 0 radical (unpaired) electrons. The molecule has 0 aromatic rings. The molecule has 0 unspecified atom stereocenters. The summed E-state index contributed by atoms with van der Waals surface area (Å²) in [7, 11) is 0. The zero-order valence-corrected chi connectivity index (χ0v) is 10.2. The zero-order chi connectivity index (χ0) is 14.3. The molecular weight excluding hydrogens is 244 g/mol. The minimum atomic E-state index is -1.47. The second-order valence-corrected chi connectivity index (χ2v) is 4.71. The van der Waals surface area contributed by atoms with E-state index in [1.165, 1.54) is 12.2 Å². The molecule has 0 aromatic carbocycles. The van der Waals surface area contributed by atoms with Crippen molar-refractivity contribution in [1.29, 1.82) is 0 Å². The SMILES string of the molecule is NC1(N)C=CC(=C2C=CC(N)(N)C(C(=O)O)=C2)C=C1. The molecule has 6 nitrogen and oxygen atoms in total. The summed E-state index contributed by atoms with van der Waals surface area (Å²) in [4.78, 5) is 11.1. The van der Waals surface area contributed by atoms with Crippen LogP contribution < -0.4 is 22.9 Å². The number of allylic oxidation sites excluding steroid dienone is 6. The fourth-order valence-electron chi connectivity index (χ4n) is 1.84. The number of carboxylic acid groups (broad SMARTS) is 1. The lowest BCUT2D eigenvalue weighted by molar-refractivity contribution is -0.133. The van der Waals surface area contributed by atoms with Crippen molar-refractivity contribution in [1.82, 2.24) is 0 Å². The van der Waals surface area contributed by atoms with Crippen molar-refractivity contribution < 1.29 is 9.90 Å². The average molecular weight is 260 g/mol. The van der Waals surface area contributed by atoms with Gasteiger partial charge in [0.1, 0.15) is 11.3 Å². The smallest absolute Gasteiger partial charge is 0.335 e. The van der Waals surface area contributed by atoms with E-state index in [2.05, 4.69) is 0 Å². The lowest BCUT2D eigenvalue weighted by Gasteiger charge is -2.26. The van der Waals surface area contributed by atoms with Crippen molar-refractivity contribution in [2.24, 2.45) is 22.9 Å². The largest absolute Gasteiger partial charge is 0.478 e.